The summed E-state index contributed by atoms with van der Waals surface area (Å²) in [6.45, 7) is 4.16. The Balaban J connectivity index is 1.67. The number of nitrogens with zero attached hydrogens (tertiary/aromatic N) is 1. The molecule has 2 aliphatic rings. The van der Waals surface area contributed by atoms with Gasteiger partial charge in [-0.15, -0.1) is 0 Å². The predicted molar refractivity (Wildman–Crippen MR) is 99.3 cm³/mol. The van der Waals surface area contributed by atoms with E-state index in [1.165, 1.54) is 0 Å². The normalized spacial score (nSPS) is 17.8. The van der Waals surface area contributed by atoms with Crippen molar-refractivity contribution in [2.24, 2.45) is 10.9 Å². The van der Waals surface area contributed by atoms with Crippen molar-refractivity contribution >= 4 is 29.0 Å². The third-order valence-electron chi connectivity index (χ3n) is 4.69. The van der Waals surface area contributed by atoms with Gasteiger partial charge in [0.2, 0.25) is 0 Å². The molecule has 5 nitrogen and oxygen atoms in total. The second-order valence-electron chi connectivity index (χ2n) is 6.51. The van der Waals surface area contributed by atoms with Gasteiger partial charge in [-0.2, -0.15) is 0 Å². The highest BCUT2D eigenvalue weighted by atomic mass is 35.5. The molecule has 0 spiro atoms. The molecular weight excluding hydrogens is 338 g/mol. The number of aliphatic imine (C=N–C) groups is 1. The molecule has 2 heterocycles. The first-order valence-electron chi connectivity index (χ1n) is 8.61. The molecule has 2 aliphatic heterocycles. The van der Waals surface area contributed by atoms with Gasteiger partial charge in [0, 0.05) is 6.42 Å². The second-order valence-corrected chi connectivity index (χ2v) is 6.92. The lowest BCUT2D eigenvalue weighted by Crippen LogP contribution is -2.33. The van der Waals surface area contributed by atoms with Crippen molar-refractivity contribution < 1.29 is 9.59 Å². The van der Waals surface area contributed by atoms with E-state index in [4.69, 9.17) is 11.6 Å². The van der Waals surface area contributed by atoms with Crippen molar-refractivity contribution in [1.29, 1.82) is 0 Å². The highest BCUT2D eigenvalue weighted by molar-refractivity contribution is 6.47. The van der Waals surface area contributed by atoms with Crippen LogP contribution in [0.5, 0.6) is 0 Å². The molecule has 25 heavy (non-hydrogen) atoms. The number of carbonyl (C=O) groups is 2. The molecule has 132 valence electrons. The van der Waals surface area contributed by atoms with Crippen LogP contribution in [0.15, 0.2) is 35.0 Å². The summed E-state index contributed by atoms with van der Waals surface area (Å²) in [5.74, 6) is 0.0882. The van der Waals surface area contributed by atoms with Gasteiger partial charge in [0.15, 0.2) is 5.78 Å². The van der Waals surface area contributed by atoms with Crippen molar-refractivity contribution in [1.82, 2.24) is 10.6 Å². The first-order valence-corrected chi connectivity index (χ1v) is 8.99. The maximum atomic E-state index is 12.6. The quantitative estimate of drug-likeness (QED) is 0.849. The van der Waals surface area contributed by atoms with E-state index < -0.39 is 0 Å². The predicted octanol–water partition coefficient (Wildman–Crippen LogP) is 2.68. The Morgan fingerprint density at radius 3 is 2.80 bits per heavy atom. The zero-order valence-corrected chi connectivity index (χ0v) is 15.0. The average Bonchev–Trinajstić information content (AvgIpc) is 3.04. The number of amides is 1. The fraction of sp³-hybridized carbons (Fsp3) is 0.421. The number of nitrogens with one attached hydrogen (secondary N) is 2. The number of allylic oxidation sites excluding steroid dienone is 1. The SMILES string of the molecule is Cc1cccc(Cl)c1C(=O)NC1=CCN=C1C(=O)CC1CCNCC1. The lowest BCUT2D eigenvalue weighted by molar-refractivity contribution is -0.113. The number of rotatable bonds is 5. The van der Waals surface area contributed by atoms with Crippen LogP contribution in [0.1, 0.15) is 35.2 Å². The zero-order valence-electron chi connectivity index (χ0n) is 14.3. The molecule has 1 aromatic carbocycles. The molecular formula is C19H22ClN3O2. The van der Waals surface area contributed by atoms with Gasteiger partial charge in [0.25, 0.3) is 5.91 Å². The van der Waals surface area contributed by atoms with Crippen molar-refractivity contribution in [3.63, 3.8) is 0 Å². The monoisotopic (exact) mass is 359 g/mol. The van der Waals surface area contributed by atoms with Crippen LogP contribution in [0.2, 0.25) is 5.02 Å². The standard InChI is InChI=1S/C19H22ClN3O2/c1-12-3-2-4-14(20)17(12)19(25)23-15-7-10-22-18(15)16(24)11-13-5-8-21-9-6-13/h2-4,7,13,21H,5-6,8-11H2,1H3,(H,23,25). The molecule has 0 radical (unpaired) electrons. The fourth-order valence-electron chi connectivity index (χ4n) is 3.31. The number of aryl methyl sites for hydroxylation is 1. The molecule has 3 rings (SSSR count). The van der Waals surface area contributed by atoms with Gasteiger partial charge in [0.05, 0.1) is 22.8 Å². The van der Waals surface area contributed by atoms with E-state index in [0.29, 0.717) is 40.9 Å². The first kappa shape index (κ1) is 17.8. The Hall–Kier alpha value is -1.98. The van der Waals surface area contributed by atoms with E-state index >= 15 is 0 Å². The van der Waals surface area contributed by atoms with Crippen LogP contribution in [0, 0.1) is 12.8 Å². The Labute approximate surface area is 152 Å². The first-order chi connectivity index (χ1) is 12.1. The summed E-state index contributed by atoms with van der Waals surface area (Å²) in [6.07, 6.45) is 4.27. The molecule has 0 aromatic heterocycles. The molecule has 1 saturated heterocycles. The van der Waals surface area contributed by atoms with Crippen LogP contribution in [0.3, 0.4) is 0 Å². The third kappa shape index (κ3) is 4.17. The number of ketones is 1. The zero-order chi connectivity index (χ0) is 17.8. The van der Waals surface area contributed by atoms with E-state index in [0.717, 1.165) is 31.5 Å². The molecule has 0 saturated carbocycles. The van der Waals surface area contributed by atoms with E-state index in [-0.39, 0.29) is 11.7 Å². The van der Waals surface area contributed by atoms with Crippen molar-refractivity contribution in [3.8, 4) is 0 Å². The summed E-state index contributed by atoms with van der Waals surface area (Å²) >= 11 is 6.15. The maximum absolute atomic E-state index is 12.6. The summed E-state index contributed by atoms with van der Waals surface area (Å²) in [7, 11) is 0. The number of benzene rings is 1. The molecule has 0 atom stereocenters. The van der Waals surface area contributed by atoms with Crippen molar-refractivity contribution in [2.45, 2.75) is 26.2 Å². The number of carbonyl (C=O) groups excluding carboxylic acids is 2. The van der Waals surface area contributed by atoms with Gasteiger partial charge in [-0.1, -0.05) is 23.7 Å². The van der Waals surface area contributed by atoms with Gasteiger partial charge < -0.3 is 10.6 Å². The van der Waals surface area contributed by atoms with E-state index in [2.05, 4.69) is 15.6 Å². The van der Waals surface area contributed by atoms with Crippen LogP contribution < -0.4 is 10.6 Å². The fourth-order valence-corrected chi connectivity index (χ4v) is 3.62. The van der Waals surface area contributed by atoms with E-state index in [1.807, 2.05) is 13.0 Å². The largest absolute Gasteiger partial charge is 0.320 e. The smallest absolute Gasteiger partial charge is 0.257 e. The molecule has 1 aromatic rings. The third-order valence-corrected chi connectivity index (χ3v) is 5.01. The lowest BCUT2D eigenvalue weighted by atomic mass is 9.91. The Bertz CT molecular complexity index is 729. The second kappa shape index (κ2) is 7.93. The van der Waals surface area contributed by atoms with Gasteiger partial charge >= 0.3 is 0 Å². The van der Waals surface area contributed by atoms with Gasteiger partial charge in [-0.05, 0) is 56.5 Å². The summed E-state index contributed by atoms with van der Waals surface area (Å²) < 4.78 is 0. The molecule has 2 N–H and O–H groups in total. The molecule has 1 fully saturated rings. The van der Waals surface area contributed by atoms with Crippen molar-refractivity contribution in [3.05, 3.63) is 46.1 Å². The summed E-state index contributed by atoms with van der Waals surface area (Å²) in [5, 5.41) is 6.52. The highest BCUT2D eigenvalue weighted by Gasteiger charge is 2.26. The van der Waals surface area contributed by atoms with Crippen LogP contribution in [-0.4, -0.2) is 37.0 Å². The molecule has 0 aliphatic carbocycles. The Morgan fingerprint density at radius 1 is 1.32 bits per heavy atom. The van der Waals surface area contributed by atoms with Crippen LogP contribution in [0.4, 0.5) is 0 Å². The maximum Gasteiger partial charge on any atom is 0.257 e. The van der Waals surface area contributed by atoms with Crippen LogP contribution >= 0.6 is 11.6 Å². The minimum absolute atomic E-state index is 0.00632. The number of halogens is 1. The summed E-state index contributed by atoms with van der Waals surface area (Å²) in [5.41, 5.74) is 2.12. The van der Waals surface area contributed by atoms with Gasteiger partial charge in [0.1, 0.15) is 5.71 Å². The van der Waals surface area contributed by atoms with Gasteiger partial charge in [-0.3, -0.25) is 14.6 Å². The number of hydrogen-bond donors (Lipinski definition) is 2. The molecule has 0 unspecified atom stereocenters. The van der Waals surface area contributed by atoms with E-state index in [9.17, 15) is 9.59 Å². The summed E-state index contributed by atoms with van der Waals surface area (Å²) in [6, 6.07) is 5.32. The molecule has 1 amide bonds. The summed E-state index contributed by atoms with van der Waals surface area (Å²) in [4.78, 5) is 29.5. The molecule has 6 heteroatoms. The lowest BCUT2D eigenvalue weighted by Gasteiger charge is -2.22. The minimum Gasteiger partial charge on any atom is -0.320 e. The van der Waals surface area contributed by atoms with E-state index in [1.54, 1.807) is 18.2 Å². The molecule has 0 bridgehead atoms. The van der Waals surface area contributed by atoms with Crippen LogP contribution in [-0.2, 0) is 4.79 Å². The Morgan fingerprint density at radius 2 is 2.08 bits per heavy atom. The highest BCUT2D eigenvalue weighted by Crippen LogP contribution is 2.21. The minimum atomic E-state index is -0.307. The number of hydrogen-bond acceptors (Lipinski definition) is 4. The van der Waals surface area contributed by atoms with Crippen LogP contribution in [0.25, 0.3) is 0 Å². The topological polar surface area (TPSA) is 70.6 Å². The number of piperidine rings is 1. The van der Waals surface area contributed by atoms with Gasteiger partial charge in [-0.25, -0.2) is 0 Å². The Kier molecular flexibility index (Phi) is 5.66. The average molecular weight is 360 g/mol. The van der Waals surface area contributed by atoms with Crippen molar-refractivity contribution in [2.75, 3.05) is 19.6 Å². The number of Topliss-reactive ketones (excluding diaryl/α,β-unsaturated/α-hetero) is 1.